The van der Waals surface area contributed by atoms with Crippen LogP contribution in [0.2, 0.25) is 0 Å². The Morgan fingerprint density at radius 3 is 2.63 bits per heavy atom. The Kier molecular flexibility index (Phi) is 5.06. The van der Waals surface area contributed by atoms with E-state index in [9.17, 15) is 0 Å². The van der Waals surface area contributed by atoms with Crippen LogP contribution >= 0.6 is 0 Å². The van der Waals surface area contributed by atoms with Crippen molar-refractivity contribution in [2.45, 2.75) is 33.5 Å². The van der Waals surface area contributed by atoms with E-state index in [0.717, 1.165) is 24.5 Å². The van der Waals surface area contributed by atoms with Crippen LogP contribution in [0.5, 0.6) is 0 Å². The molecule has 0 saturated carbocycles. The lowest BCUT2D eigenvalue weighted by Gasteiger charge is -2.10. The van der Waals surface area contributed by atoms with Crippen molar-refractivity contribution >= 4 is 0 Å². The summed E-state index contributed by atoms with van der Waals surface area (Å²) in [7, 11) is 0. The highest BCUT2D eigenvalue weighted by atomic mass is 16.6. The predicted octanol–water partition coefficient (Wildman–Crippen LogP) is 2.20. The fourth-order valence-electron chi connectivity index (χ4n) is 1.81. The van der Waals surface area contributed by atoms with Crippen molar-refractivity contribution in [2.75, 3.05) is 6.61 Å². The second-order valence-corrected chi connectivity index (χ2v) is 4.31. The van der Waals surface area contributed by atoms with Crippen LogP contribution in [-0.2, 0) is 24.4 Å². The molecule has 0 aliphatic carbocycles. The molecule has 0 bridgehead atoms. The fraction of sp³-hybridized carbons (Fsp3) is 0.429. The highest BCUT2D eigenvalue weighted by Crippen LogP contribution is 2.10. The fourth-order valence-corrected chi connectivity index (χ4v) is 1.81. The molecule has 0 amide bonds. The van der Waals surface area contributed by atoms with Gasteiger partial charge in [-0.15, -0.1) is 0 Å². The molecule has 5 heteroatoms. The summed E-state index contributed by atoms with van der Waals surface area (Å²) in [6.45, 7) is 6.69. The smallest absolute Gasteiger partial charge is 0.121 e. The number of nitrogens with one attached hydrogen (secondary N) is 1. The highest BCUT2D eigenvalue weighted by Gasteiger charge is 2.05. The molecule has 5 nitrogen and oxygen atoms in total. The molecule has 2 rings (SSSR count). The Morgan fingerprint density at radius 1 is 1.16 bits per heavy atom. The van der Waals surface area contributed by atoms with E-state index in [0.29, 0.717) is 13.2 Å². The third-order valence-corrected chi connectivity index (χ3v) is 2.93. The van der Waals surface area contributed by atoms with E-state index >= 15 is 0 Å². The summed E-state index contributed by atoms with van der Waals surface area (Å²) in [5.41, 5.74) is 4.13. The molecule has 1 N–H and O–H groups in total. The average Bonchev–Trinajstić information content (AvgIpc) is 2.83. The van der Waals surface area contributed by atoms with Crippen molar-refractivity contribution in [3.05, 3.63) is 46.8 Å². The summed E-state index contributed by atoms with van der Waals surface area (Å²) in [6, 6.07) is 8.27. The molecule has 1 heterocycles. The van der Waals surface area contributed by atoms with E-state index in [4.69, 9.17) is 4.74 Å². The summed E-state index contributed by atoms with van der Waals surface area (Å²) < 4.78 is 10.1. The number of hydrogen-bond donors (Lipinski definition) is 1. The van der Waals surface area contributed by atoms with Crippen LogP contribution in [0.1, 0.15) is 29.4 Å². The largest absolute Gasteiger partial charge is 0.377 e. The summed E-state index contributed by atoms with van der Waals surface area (Å²) in [6.07, 6.45) is 0. The Labute approximate surface area is 112 Å². The van der Waals surface area contributed by atoms with E-state index in [1.165, 1.54) is 11.1 Å². The van der Waals surface area contributed by atoms with Gasteiger partial charge in [0.05, 0.1) is 6.61 Å². The van der Waals surface area contributed by atoms with Gasteiger partial charge in [-0.05, 0) is 25.0 Å². The average molecular weight is 261 g/mol. The number of aryl methyl sites for hydroxylation is 1. The summed E-state index contributed by atoms with van der Waals surface area (Å²) in [5.74, 6) is 0. The van der Waals surface area contributed by atoms with Crippen LogP contribution < -0.4 is 5.32 Å². The number of aromatic nitrogens is 2. The minimum atomic E-state index is 0.651. The lowest BCUT2D eigenvalue weighted by atomic mass is 10.1. The van der Waals surface area contributed by atoms with Gasteiger partial charge in [0.15, 0.2) is 0 Å². The first kappa shape index (κ1) is 13.7. The van der Waals surface area contributed by atoms with Crippen molar-refractivity contribution in [3.63, 3.8) is 0 Å². The molecule has 1 aromatic carbocycles. The molecule has 0 saturated heterocycles. The standard InChI is InChI=1S/C14H19N3O2/c1-3-18-10-13-7-5-4-6-12(13)8-15-9-14-11(2)16-19-17-14/h4-7,15H,3,8-10H2,1-2H3. The maximum absolute atomic E-state index is 5.47. The lowest BCUT2D eigenvalue weighted by molar-refractivity contribution is 0.133. The number of rotatable bonds is 7. The van der Waals surface area contributed by atoms with Crippen molar-refractivity contribution < 1.29 is 9.37 Å². The van der Waals surface area contributed by atoms with Gasteiger partial charge in [-0.1, -0.05) is 34.6 Å². The monoisotopic (exact) mass is 261 g/mol. The van der Waals surface area contributed by atoms with Gasteiger partial charge >= 0.3 is 0 Å². The molecule has 102 valence electrons. The third-order valence-electron chi connectivity index (χ3n) is 2.93. The molecule has 0 spiro atoms. The van der Waals surface area contributed by atoms with E-state index in [-0.39, 0.29) is 0 Å². The third kappa shape index (κ3) is 3.87. The first-order chi connectivity index (χ1) is 9.31. The molecular weight excluding hydrogens is 242 g/mol. The van der Waals surface area contributed by atoms with Gasteiger partial charge in [-0.2, -0.15) is 0 Å². The van der Waals surface area contributed by atoms with Crippen molar-refractivity contribution in [1.29, 1.82) is 0 Å². The zero-order chi connectivity index (χ0) is 13.5. The molecule has 0 unspecified atom stereocenters. The Hall–Kier alpha value is -1.72. The van der Waals surface area contributed by atoms with Crippen LogP contribution in [0, 0.1) is 6.92 Å². The second-order valence-electron chi connectivity index (χ2n) is 4.31. The van der Waals surface area contributed by atoms with Crippen LogP contribution in [-0.4, -0.2) is 16.9 Å². The number of nitrogens with zero attached hydrogens (tertiary/aromatic N) is 2. The molecule has 0 fully saturated rings. The van der Waals surface area contributed by atoms with Crippen molar-refractivity contribution in [2.24, 2.45) is 0 Å². The summed E-state index contributed by atoms with van der Waals surface area (Å²) in [5, 5.41) is 10.9. The topological polar surface area (TPSA) is 60.2 Å². The highest BCUT2D eigenvalue weighted by molar-refractivity contribution is 5.26. The minimum Gasteiger partial charge on any atom is -0.377 e. The summed E-state index contributed by atoms with van der Waals surface area (Å²) >= 11 is 0. The van der Waals surface area contributed by atoms with Crippen LogP contribution in [0.15, 0.2) is 28.9 Å². The number of ether oxygens (including phenoxy) is 1. The lowest BCUT2D eigenvalue weighted by Crippen LogP contribution is -2.15. The van der Waals surface area contributed by atoms with Crippen LogP contribution in [0.4, 0.5) is 0 Å². The summed E-state index contributed by atoms with van der Waals surface area (Å²) in [4.78, 5) is 0. The zero-order valence-corrected chi connectivity index (χ0v) is 11.3. The van der Waals surface area contributed by atoms with Gasteiger partial charge in [0.25, 0.3) is 0 Å². The number of benzene rings is 1. The first-order valence-corrected chi connectivity index (χ1v) is 6.44. The maximum Gasteiger partial charge on any atom is 0.121 e. The second kappa shape index (κ2) is 7.01. The molecule has 0 aliphatic rings. The molecule has 0 aliphatic heterocycles. The van der Waals surface area contributed by atoms with Crippen molar-refractivity contribution in [3.8, 4) is 0 Å². The predicted molar refractivity (Wildman–Crippen MR) is 71.4 cm³/mol. The normalized spacial score (nSPS) is 10.8. The van der Waals surface area contributed by atoms with Gasteiger partial charge in [0.1, 0.15) is 11.4 Å². The van der Waals surface area contributed by atoms with E-state index in [1.54, 1.807) is 0 Å². The molecule has 19 heavy (non-hydrogen) atoms. The van der Waals surface area contributed by atoms with Crippen LogP contribution in [0.25, 0.3) is 0 Å². The zero-order valence-electron chi connectivity index (χ0n) is 11.3. The van der Waals surface area contributed by atoms with Gasteiger partial charge in [0.2, 0.25) is 0 Å². The van der Waals surface area contributed by atoms with E-state index < -0.39 is 0 Å². The molecule has 2 aromatic rings. The van der Waals surface area contributed by atoms with Gasteiger partial charge in [-0.25, -0.2) is 4.63 Å². The Morgan fingerprint density at radius 2 is 1.95 bits per heavy atom. The van der Waals surface area contributed by atoms with E-state index in [2.05, 4.69) is 32.4 Å². The first-order valence-electron chi connectivity index (χ1n) is 6.44. The van der Waals surface area contributed by atoms with Crippen molar-refractivity contribution in [1.82, 2.24) is 15.6 Å². The maximum atomic E-state index is 5.47. The Bertz CT molecular complexity index is 511. The quantitative estimate of drug-likeness (QED) is 0.828. The SMILES string of the molecule is CCOCc1ccccc1CNCc1nonc1C. The van der Waals surface area contributed by atoms with Gasteiger partial charge < -0.3 is 10.1 Å². The molecule has 1 aromatic heterocycles. The molecule has 0 atom stereocenters. The molecule has 0 radical (unpaired) electrons. The Balaban J connectivity index is 1.90. The van der Waals surface area contributed by atoms with Gasteiger partial charge in [-0.3, -0.25) is 0 Å². The van der Waals surface area contributed by atoms with Gasteiger partial charge in [0, 0.05) is 19.7 Å². The van der Waals surface area contributed by atoms with Crippen LogP contribution in [0.3, 0.4) is 0 Å². The van der Waals surface area contributed by atoms with E-state index in [1.807, 2.05) is 26.0 Å². The molecular formula is C14H19N3O2. The minimum absolute atomic E-state index is 0.651. The number of hydrogen-bond acceptors (Lipinski definition) is 5.